The molecule has 156 valence electrons. The van der Waals surface area contributed by atoms with Gasteiger partial charge in [-0.15, -0.1) is 4.91 Å². The number of amides is 1. The van der Waals surface area contributed by atoms with E-state index in [1.807, 2.05) is 5.32 Å². The van der Waals surface area contributed by atoms with Crippen molar-refractivity contribution in [3.63, 3.8) is 0 Å². The Bertz CT molecular complexity index is 982. The molecule has 0 aromatic heterocycles. The molecule has 0 aliphatic carbocycles. The zero-order valence-corrected chi connectivity index (χ0v) is 15.8. The van der Waals surface area contributed by atoms with E-state index >= 15 is 0 Å². The first-order chi connectivity index (χ1) is 13.5. The molecular formula is C17H16F3N3O5S. The third-order valence-corrected chi connectivity index (χ3v) is 5.39. The predicted molar refractivity (Wildman–Crippen MR) is 98.0 cm³/mol. The largest absolute Gasteiger partial charge is 0.444 e. The Morgan fingerprint density at radius 2 is 1.83 bits per heavy atom. The molecule has 1 amide bonds. The number of halogens is 3. The second-order valence-corrected chi connectivity index (χ2v) is 7.72. The van der Waals surface area contributed by atoms with Crippen molar-refractivity contribution in [3.8, 4) is 0 Å². The predicted octanol–water partition coefficient (Wildman–Crippen LogP) is 4.02. The highest BCUT2D eigenvalue weighted by Gasteiger charge is 2.29. The minimum absolute atomic E-state index is 0.166. The van der Waals surface area contributed by atoms with Crippen molar-refractivity contribution >= 4 is 27.5 Å². The van der Waals surface area contributed by atoms with E-state index < -0.39 is 39.4 Å². The number of nitroso groups, excluding NO2 is 1. The molecule has 0 fully saturated rings. The molecule has 0 saturated heterocycles. The van der Waals surface area contributed by atoms with Gasteiger partial charge in [0, 0.05) is 7.05 Å². The number of alkyl halides is 3. The first-order valence-electron chi connectivity index (χ1n) is 8.02. The molecule has 1 N–H and O–H groups in total. The maximum atomic E-state index is 12.6. The number of hydrogen-bond donors (Lipinski definition) is 1. The van der Waals surface area contributed by atoms with Crippen LogP contribution in [0.3, 0.4) is 0 Å². The molecule has 0 atom stereocenters. The average Bonchev–Trinajstić information content (AvgIpc) is 2.69. The standard InChI is InChI=1S/C17H16F3N3O5S/c1-23(16(24)28-10-12-5-3-2-4-6-12)29(26,27)13-7-8-14(15(9-13)22-25)21-11-17(18,19)20/h2-9,21H,10-11H2,1H3. The van der Waals surface area contributed by atoms with E-state index in [4.69, 9.17) is 4.74 Å². The number of anilines is 1. The van der Waals surface area contributed by atoms with Crippen LogP contribution in [0.25, 0.3) is 0 Å². The highest BCUT2D eigenvalue weighted by atomic mass is 32.2. The summed E-state index contributed by atoms with van der Waals surface area (Å²) < 4.78 is 67.3. The molecule has 12 heteroatoms. The van der Waals surface area contributed by atoms with Crippen molar-refractivity contribution in [2.24, 2.45) is 5.18 Å². The van der Waals surface area contributed by atoms with Gasteiger partial charge in [0.05, 0.1) is 10.6 Å². The molecule has 29 heavy (non-hydrogen) atoms. The molecule has 0 radical (unpaired) electrons. The van der Waals surface area contributed by atoms with Gasteiger partial charge in [-0.05, 0) is 28.9 Å². The lowest BCUT2D eigenvalue weighted by Gasteiger charge is -2.18. The van der Waals surface area contributed by atoms with Crippen molar-refractivity contribution in [2.75, 3.05) is 18.9 Å². The van der Waals surface area contributed by atoms with Crippen LogP contribution in [-0.4, -0.2) is 38.6 Å². The molecule has 0 aliphatic rings. The quantitative estimate of drug-likeness (QED) is 0.664. The van der Waals surface area contributed by atoms with Crippen molar-refractivity contribution in [1.82, 2.24) is 4.31 Å². The maximum absolute atomic E-state index is 12.6. The van der Waals surface area contributed by atoms with Gasteiger partial charge in [0.1, 0.15) is 18.8 Å². The fourth-order valence-electron chi connectivity index (χ4n) is 2.16. The van der Waals surface area contributed by atoms with Crippen molar-refractivity contribution in [3.05, 3.63) is 59.0 Å². The van der Waals surface area contributed by atoms with Crippen LogP contribution in [-0.2, 0) is 21.4 Å². The molecule has 2 aromatic carbocycles. The Morgan fingerprint density at radius 1 is 1.17 bits per heavy atom. The number of carbonyl (C=O) groups excluding carboxylic acids is 1. The van der Waals surface area contributed by atoms with Gasteiger partial charge in [-0.3, -0.25) is 0 Å². The topological polar surface area (TPSA) is 105 Å². The third-order valence-electron chi connectivity index (χ3n) is 3.67. The minimum atomic E-state index is -4.55. The summed E-state index contributed by atoms with van der Waals surface area (Å²) in [6, 6.07) is 11.2. The average molecular weight is 431 g/mol. The number of nitrogens with one attached hydrogen (secondary N) is 1. The monoisotopic (exact) mass is 431 g/mol. The molecule has 0 unspecified atom stereocenters. The lowest BCUT2D eigenvalue weighted by molar-refractivity contribution is -0.115. The Morgan fingerprint density at radius 3 is 2.41 bits per heavy atom. The van der Waals surface area contributed by atoms with Gasteiger partial charge in [-0.25, -0.2) is 17.5 Å². The second-order valence-electron chi connectivity index (χ2n) is 5.75. The second kappa shape index (κ2) is 8.90. The summed E-state index contributed by atoms with van der Waals surface area (Å²) in [4.78, 5) is 22.5. The summed E-state index contributed by atoms with van der Waals surface area (Å²) in [5.41, 5.74) is -0.217. The van der Waals surface area contributed by atoms with E-state index in [-0.39, 0.29) is 12.3 Å². The molecule has 0 heterocycles. The Hall–Kier alpha value is -3.15. The number of nitrogens with zero attached hydrogens (tertiary/aromatic N) is 2. The van der Waals surface area contributed by atoms with E-state index in [2.05, 4.69) is 5.18 Å². The number of hydrogen-bond acceptors (Lipinski definition) is 7. The summed E-state index contributed by atoms with van der Waals surface area (Å²) in [5.74, 6) is 0. The zero-order chi connectivity index (χ0) is 21.7. The maximum Gasteiger partial charge on any atom is 0.423 e. The smallest absolute Gasteiger partial charge is 0.423 e. The normalized spacial score (nSPS) is 11.6. The SMILES string of the molecule is CN(C(=O)OCc1ccccc1)S(=O)(=O)c1ccc(NCC(F)(F)F)c(N=O)c1. The fourth-order valence-corrected chi connectivity index (χ4v) is 3.22. The van der Waals surface area contributed by atoms with Gasteiger partial charge in [0.15, 0.2) is 0 Å². The summed E-state index contributed by atoms with van der Waals surface area (Å²) in [6.07, 6.45) is -5.72. The lowest BCUT2D eigenvalue weighted by Crippen LogP contribution is -2.33. The number of ether oxygens (including phenoxy) is 1. The van der Waals surface area contributed by atoms with Crippen LogP contribution in [0.4, 0.5) is 29.3 Å². The molecular weight excluding hydrogens is 415 g/mol. The van der Waals surface area contributed by atoms with Crippen LogP contribution in [0.5, 0.6) is 0 Å². The van der Waals surface area contributed by atoms with Crippen LogP contribution in [0.15, 0.2) is 58.6 Å². The van der Waals surface area contributed by atoms with Gasteiger partial charge in [-0.1, -0.05) is 30.3 Å². The first-order valence-corrected chi connectivity index (χ1v) is 9.46. The van der Waals surface area contributed by atoms with Crippen LogP contribution in [0.1, 0.15) is 5.56 Å². The van der Waals surface area contributed by atoms with Gasteiger partial charge >= 0.3 is 12.3 Å². The number of carbonyl (C=O) groups is 1. The number of benzene rings is 2. The lowest BCUT2D eigenvalue weighted by atomic mass is 10.2. The molecule has 2 rings (SSSR count). The van der Waals surface area contributed by atoms with E-state index in [1.54, 1.807) is 30.3 Å². The fraction of sp³-hybridized carbons (Fsp3) is 0.235. The summed E-state index contributed by atoms with van der Waals surface area (Å²) in [5, 5.41) is 4.50. The van der Waals surface area contributed by atoms with E-state index in [0.717, 1.165) is 25.2 Å². The van der Waals surface area contributed by atoms with Crippen LogP contribution >= 0.6 is 0 Å². The first kappa shape index (κ1) is 22.1. The van der Waals surface area contributed by atoms with Crippen LogP contribution in [0.2, 0.25) is 0 Å². The molecule has 0 spiro atoms. The zero-order valence-electron chi connectivity index (χ0n) is 15.0. The van der Waals surface area contributed by atoms with Crippen LogP contribution < -0.4 is 5.32 Å². The van der Waals surface area contributed by atoms with Gasteiger partial charge in [-0.2, -0.15) is 13.2 Å². The van der Waals surface area contributed by atoms with Gasteiger partial charge in [0.25, 0.3) is 10.0 Å². The third kappa shape index (κ3) is 5.91. The van der Waals surface area contributed by atoms with Crippen molar-refractivity contribution in [2.45, 2.75) is 17.7 Å². The summed E-state index contributed by atoms with van der Waals surface area (Å²) in [6.45, 7) is -1.60. The molecule has 0 bridgehead atoms. The van der Waals surface area contributed by atoms with Crippen molar-refractivity contribution < 1.29 is 31.1 Å². The molecule has 2 aromatic rings. The Balaban J connectivity index is 2.16. The summed E-state index contributed by atoms with van der Waals surface area (Å²) in [7, 11) is -3.47. The van der Waals surface area contributed by atoms with Crippen LogP contribution in [0, 0.1) is 4.91 Å². The van der Waals surface area contributed by atoms with E-state index in [0.29, 0.717) is 9.87 Å². The Labute approximate surface area is 164 Å². The highest BCUT2D eigenvalue weighted by Crippen LogP contribution is 2.30. The van der Waals surface area contributed by atoms with E-state index in [9.17, 15) is 31.3 Å². The number of sulfonamides is 1. The van der Waals surface area contributed by atoms with Gasteiger partial charge < -0.3 is 10.1 Å². The highest BCUT2D eigenvalue weighted by molar-refractivity contribution is 7.89. The van der Waals surface area contributed by atoms with Gasteiger partial charge in [0.2, 0.25) is 0 Å². The minimum Gasteiger partial charge on any atom is -0.444 e. The molecule has 0 saturated carbocycles. The summed E-state index contributed by atoms with van der Waals surface area (Å²) >= 11 is 0. The molecule has 8 nitrogen and oxygen atoms in total. The Kier molecular flexibility index (Phi) is 6.80. The van der Waals surface area contributed by atoms with E-state index in [1.165, 1.54) is 0 Å². The number of rotatable bonds is 7. The molecule has 0 aliphatic heterocycles. The van der Waals surface area contributed by atoms with Crippen molar-refractivity contribution in [1.29, 1.82) is 0 Å².